The zero-order valence-electron chi connectivity index (χ0n) is 20.3. The van der Waals surface area contributed by atoms with Crippen LogP contribution in [0.3, 0.4) is 0 Å². The molecule has 1 amide bonds. The van der Waals surface area contributed by atoms with E-state index in [-0.39, 0.29) is 16.9 Å². The lowest BCUT2D eigenvalue weighted by atomic mass is 10.1. The molecule has 5 rings (SSSR count). The van der Waals surface area contributed by atoms with Gasteiger partial charge in [0.2, 0.25) is 6.41 Å². The van der Waals surface area contributed by atoms with Crippen molar-refractivity contribution in [1.82, 2.24) is 24.2 Å². The lowest BCUT2D eigenvalue weighted by molar-refractivity contribution is -0.115. The van der Waals surface area contributed by atoms with Crippen LogP contribution in [0.4, 0.5) is 4.39 Å². The van der Waals surface area contributed by atoms with E-state index in [4.69, 9.17) is 11.6 Å². The number of amides is 1. The summed E-state index contributed by atoms with van der Waals surface area (Å²) in [4.78, 5) is 39.7. The van der Waals surface area contributed by atoms with E-state index in [1.54, 1.807) is 30.8 Å². The number of benzene rings is 2. The van der Waals surface area contributed by atoms with Gasteiger partial charge in [-0.05, 0) is 67.5 Å². The van der Waals surface area contributed by atoms with Gasteiger partial charge in [-0.2, -0.15) is 5.10 Å². The average Bonchev–Trinajstić information content (AvgIpc) is 3.40. The van der Waals surface area contributed by atoms with Crippen molar-refractivity contribution in [3.63, 3.8) is 0 Å². The van der Waals surface area contributed by atoms with E-state index in [0.717, 1.165) is 12.0 Å². The highest BCUT2D eigenvalue weighted by Crippen LogP contribution is 2.32. The number of rotatable bonds is 4. The summed E-state index contributed by atoms with van der Waals surface area (Å²) in [5, 5.41) is 14.5. The number of allylic oxidation sites excluding steroid dienone is 1. The van der Waals surface area contributed by atoms with Crippen molar-refractivity contribution in [2.75, 3.05) is 14.1 Å². The molecule has 1 N–H and O–H groups in total. The minimum atomic E-state index is -1.08. The predicted molar refractivity (Wildman–Crippen MR) is 138 cm³/mol. The van der Waals surface area contributed by atoms with Gasteiger partial charge in [-0.3, -0.25) is 14.2 Å². The number of halogens is 2. The predicted octanol–water partition coefficient (Wildman–Crippen LogP) is 4.03. The summed E-state index contributed by atoms with van der Waals surface area (Å²) >= 11 is 6.60. The quantitative estimate of drug-likeness (QED) is 0.404. The normalized spacial score (nSPS) is 13.3. The molecule has 0 fully saturated rings. The summed E-state index contributed by atoms with van der Waals surface area (Å²) in [7, 11) is 3.38. The lowest BCUT2D eigenvalue weighted by Gasteiger charge is -2.06. The molecule has 0 saturated carbocycles. The van der Waals surface area contributed by atoms with Crippen LogP contribution in [0.1, 0.15) is 33.9 Å². The van der Waals surface area contributed by atoms with Gasteiger partial charge in [0.05, 0.1) is 27.8 Å². The van der Waals surface area contributed by atoms with E-state index in [9.17, 15) is 23.9 Å². The maximum atomic E-state index is 13.3. The molecule has 0 bridgehead atoms. The smallest absolute Gasteiger partial charge is 0.335 e. The van der Waals surface area contributed by atoms with Crippen molar-refractivity contribution in [2.24, 2.45) is 0 Å². The molecule has 0 spiro atoms. The Morgan fingerprint density at radius 3 is 2.49 bits per heavy atom. The fourth-order valence-electron chi connectivity index (χ4n) is 3.89. The van der Waals surface area contributed by atoms with Gasteiger partial charge in [0, 0.05) is 26.2 Å². The number of carbonyl (C=O) groups is 2. The van der Waals surface area contributed by atoms with Crippen LogP contribution in [-0.4, -0.2) is 55.8 Å². The SMILES string of the molecule is CN(C)C=O.Cc1nn(-c2ccc(F)cc2)c(Cl)c1C=C1CCn2c1nc1cc(C(=O)O)ccc1c2=O. The van der Waals surface area contributed by atoms with E-state index in [1.165, 1.54) is 39.9 Å². The highest BCUT2D eigenvalue weighted by molar-refractivity contribution is 6.31. The number of carboxylic acid groups (broad SMARTS) is 1. The van der Waals surface area contributed by atoms with Crippen LogP contribution in [0, 0.1) is 12.7 Å². The first-order valence-corrected chi connectivity index (χ1v) is 11.6. The van der Waals surface area contributed by atoms with E-state index >= 15 is 0 Å². The van der Waals surface area contributed by atoms with Crippen LogP contribution < -0.4 is 5.56 Å². The maximum absolute atomic E-state index is 13.3. The van der Waals surface area contributed by atoms with Crippen LogP contribution in [0.2, 0.25) is 5.15 Å². The minimum absolute atomic E-state index is 0.0670. The Bertz CT molecular complexity index is 1610. The molecule has 0 atom stereocenters. The molecule has 11 heteroatoms. The molecule has 0 saturated heterocycles. The molecule has 190 valence electrons. The van der Waals surface area contributed by atoms with Gasteiger partial charge in [0.1, 0.15) is 16.8 Å². The largest absolute Gasteiger partial charge is 0.478 e. The summed E-state index contributed by atoms with van der Waals surface area (Å²) < 4.78 is 16.4. The Morgan fingerprint density at radius 2 is 1.86 bits per heavy atom. The van der Waals surface area contributed by atoms with Gasteiger partial charge in [-0.1, -0.05) is 11.6 Å². The molecule has 0 radical (unpaired) electrons. The Labute approximate surface area is 216 Å². The third-order valence-corrected chi connectivity index (χ3v) is 6.11. The fourth-order valence-corrected chi connectivity index (χ4v) is 4.22. The number of fused-ring (bicyclic) bond motifs is 2. The van der Waals surface area contributed by atoms with E-state index in [0.29, 0.717) is 51.8 Å². The number of aromatic nitrogens is 4. The number of carboxylic acids is 1. The van der Waals surface area contributed by atoms with Crippen molar-refractivity contribution in [3.05, 3.63) is 86.4 Å². The molecule has 0 aliphatic carbocycles. The summed E-state index contributed by atoms with van der Waals surface area (Å²) in [6.45, 7) is 2.28. The molecule has 37 heavy (non-hydrogen) atoms. The Kier molecular flexibility index (Phi) is 7.21. The Hall–Kier alpha value is -4.31. The van der Waals surface area contributed by atoms with Crippen LogP contribution in [0.15, 0.2) is 47.3 Å². The van der Waals surface area contributed by atoms with Gasteiger partial charge in [0.25, 0.3) is 5.56 Å². The average molecular weight is 524 g/mol. The second-order valence-electron chi connectivity index (χ2n) is 8.60. The molecule has 4 aromatic rings. The first kappa shape index (κ1) is 25.8. The molecule has 0 unspecified atom stereocenters. The zero-order valence-corrected chi connectivity index (χ0v) is 21.0. The summed E-state index contributed by atoms with van der Waals surface area (Å²) in [6, 6.07) is 10.1. The molecule has 2 aromatic carbocycles. The van der Waals surface area contributed by atoms with E-state index in [2.05, 4.69) is 10.1 Å². The molecular formula is C26H23ClFN5O4. The van der Waals surface area contributed by atoms with Crippen molar-refractivity contribution in [3.8, 4) is 5.69 Å². The second-order valence-corrected chi connectivity index (χ2v) is 8.95. The van der Waals surface area contributed by atoms with Gasteiger partial charge < -0.3 is 10.0 Å². The van der Waals surface area contributed by atoms with Gasteiger partial charge in [-0.15, -0.1) is 0 Å². The van der Waals surface area contributed by atoms with E-state index in [1.807, 2.05) is 13.0 Å². The first-order valence-electron chi connectivity index (χ1n) is 11.2. The van der Waals surface area contributed by atoms with Crippen LogP contribution in [-0.2, 0) is 11.3 Å². The van der Waals surface area contributed by atoms with Gasteiger partial charge >= 0.3 is 5.97 Å². The number of aryl methyl sites for hydroxylation is 1. The van der Waals surface area contributed by atoms with Crippen LogP contribution in [0.25, 0.3) is 28.2 Å². The number of hydrogen-bond donors (Lipinski definition) is 1. The van der Waals surface area contributed by atoms with E-state index < -0.39 is 5.97 Å². The van der Waals surface area contributed by atoms with Crippen LogP contribution in [0.5, 0.6) is 0 Å². The third-order valence-electron chi connectivity index (χ3n) is 5.74. The zero-order chi connectivity index (χ0) is 26.9. The molecular weight excluding hydrogens is 501 g/mol. The minimum Gasteiger partial charge on any atom is -0.478 e. The number of nitrogens with zero attached hydrogens (tertiary/aromatic N) is 5. The lowest BCUT2D eigenvalue weighted by Crippen LogP contribution is -2.21. The summed E-state index contributed by atoms with van der Waals surface area (Å²) in [6.07, 6.45) is 3.17. The number of aromatic carboxylic acids is 1. The highest BCUT2D eigenvalue weighted by atomic mass is 35.5. The highest BCUT2D eigenvalue weighted by Gasteiger charge is 2.23. The molecule has 1 aliphatic heterocycles. The van der Waals surface area contributed by atoms with Crippen molar-refractivity contribution >= 4 is 46.5 Å². The Balaban J connectivity index is 0.000000586. The standard InChI is InChI=1S/C23H16ClFN4O3.C3H7NO/c1-12-18(20(24)29(27-12)16-5-3-15(25)4-6-16)10-13-8-9-28-21(13)26-19-11-14(23(31)32)2-7-17(19)22(28)30;1-4(2)3-5/h2-7,10-11H,8-9H2,1H3,(H,31,32);3H,1-2H3. The first-order chi connectivity index (χ1) is 17.6. The maximum Gasteiger partial charge on any atom is 0.335 e. The van der Waals surface area contributed by atoms with Crippen molar-refractivity contribution < 1.29 is 19.1 Å². The molecule has 2 aromatic heterocycles. The van der Waals surface area contributed by atoms with Gasteiger partial charge in [0.15, 0.2) is 0 Å². The molecule has 3 heterocycles. The Morgan fingerprint density at radius 1 is 1.19 bits per heavy atom. The van der Waals surface area contributed by atoms with Crippen LogP contribution >= 0.6 is 11.6 Å². The number of carbonyl (C=O) groups excluding carboxylic acids is 1. The molecule has 1 aliphatic rings. The summed E-state index contributed by atoms with van der Waals surface area (Å²) in [5.41, 5.74) is 2.95. The molecule has 9 nitrogen and oxygen atoms in total. The fraction of sp³-hybridized carbons (Fsp3) is 0.192. The number of hydrogen-bond acceptors (Lipinski definition) is 5. The monoisotopic (exact) mass is 523 g/mol. The summed E-state index contributed by atoms with van der Waals surface area (Å²) in [5.74, 6) is -0.954. The van der Waals surface area contributed by atoms with Crippen molar-refractivity contribution in [1.29, 1.82) is 0 Å². The van der Waals surface area contributed by atoms with Gasteiger partial charge in [-0.25, -0.2) is 18.9 Å². The third kappa shape index (κ3) is 5.14. The topological polar surface area (TPSA) is 110 Å². The second kappa shape index (κ2) is 10.4. The van der Waals surface area contributed by atoms with Crippen molar-refractivity contribution in [2.45, 2.75) is 19.9 Å².